The molecule has 0 atom stereocenters. The summed E-state index contributed by atoms with van der Waals surface area (Å²) in [7, 11) is 0. The molecule has 19 heavy (non-hydrogen) atoms. The van der Waals surface area contributed by atoms with Gasteiger partial charge in [-0.3, -0.25) is 0 Å². The van der Waals surface area contributed by atoms with Gasteiger partial charge < -0.3 is 4.90 Å². The maximum atomic E-state index is 12.8. The van der Waals surface area contributed by atoms with E-state index in [0.717, 1.165) is 37.2 Å². The van der Waals surface area contributed by atoms with Crippen molar-refractivity contribution in [2.75, 3.05) is 18.0 Å². The van der Waals surface area contributed by atoms with Gasteiger partial charge in [-0.15, -0.1) is 0 Å². The van der Waals surface area contributed by atoms with Crippen LogP contribution in [0.15, 0.2) is 18.2 Å². The van der Waals surface area contributed by atoms with Crippen LogP contribution in [0.4, 0.5) is 18.9 Å². The molecule has 0 amide bonds. The molecular formula is C15H20F3N. The van der Waals surface area contributed by atoms with Crippen LogP contribution in [-0.2, 0) is 12.6 Å². The van der Waals surface area contributed by atoms with Crippen LogP contribution in [0.5, 0.6) is 0 Å². The Morgan fingerprint density at radius 3 is 2.42 bits per heavy atom. The number of hydrogen-bond acceptors (Lipinski definition) is 1. The lowest BCUT2D eigenvalue weighted by molar-refractivity contribution is -0.137. The lowest BCUT2D eigenvalue weighted by atomic mass is 9.92. The van der Waals surface area contributed by atoms with Crippen LogP contribution in [0.1, 0.15) is 38.3 Å². The molecule has 1 nitrogen and oxygen atoms in total. The third-order valence-corrected chi connectivity index (χ3v) is 3.29. The maximum Gasteiger partial charge on any atom is 0.416 e. The van der Waals surface area contributed by atoms with Crippen molar-refractivity contribution in [1.29, 1.82) is 0 Å². The van der Waals surface area contributed by atoms with Gasteiger partial charge in [0.25, 0.3) is 0 Å². The van der Waals surface area contributed by atoms with Gasteiger partial charge >= 0.3 is 6.18 Å². The third-order valence-electron chi connectivity index (χ3n) is 3.29. The SMILES string of the molecule is CC(C)(C)CN1CCCc2ccc(C(F)(F)F)cc21. The van der Waals surface area contributed by atoms with Crippen molar-refractivity contribution in [2.45, 2.75) is 39.8 Å². The molecule has 0 unspecified atom stereocenters. The summed E-state index contributed by atoms with van der Waals surface area (Å²) in [6.07, 6.45) is -2.39. The van der Waals surface area contributed by atoms with Gasteiger partial charge in [-0.05, 0) is 36.0 Å². The van der Waals surface area contributed by atoms with Crippen molar-refractivity contribution >= 4 is 5.69 Å². The van der Waals surface area contributed by atoms with Crippen molar-refractivity contribution in [3.8, 4) is 0 Å². The molecule has 1 aliphatic rings. The van der Waals surface area contributed by atoms with E-state index < -0.39 is 11.7 Å². The van der Waals surface area contributed by atoms with Crippen molar-refractivity contribution in [2.24, 2.45) is 5.41 Å². The summed E-state index contributed by atoms with van der Waals surface area (Å²) in [4.78, 5) is 2.09. The summed E-state index contributed by atoms with van der Waals surface area (Å²) in [5.74, 6) is 0. The lowest BCUT2D eigenvalue weighted by Crippen LogP contribution is -2.36. The molecule has 2 rings (SSSR count). The van der Waals surface area contributed by atoms with Gasteiger partial charge in [-0.1, -0.05) is 26.8 Å². The van der Waals surface area contributed by atoms with Gasteiger partial charge in [-0.2, -0.15) is 13.2 Å². The van der Waals surface area contributed by atoms with Gasteiger partial charge in [0, 0.05) is 18.8 Å². The van der Waals surface area contributed by atoms with Crippen molar-refractivity contribution in [1.82, 2.24) is 0 Å². The molecule has 1 aromatic rings. The Bertz CT molecular complexity index is 457. The number of fused-ring (bicyclic) bond motifs is 1. The fraction of sp³-hybridized carbons (Fsp3) is 0.600. The van der Waals surface area contributed by atoms with Gasteiger partial charge in [0.15, 0.2) is 0 Å². The van der Waals surface area contributed by atoms with E-state index in [0.29, 0.717) is 0 Å². The zero-order chi connectivity index (χ0) is 14.3. The molecule has 0 radical (unpaired) electrons. The lowest BCUT2D eigenvalue weighted by Gasteiger charge is -2.36. The second-order valence-electron chi connectivity index (χ2n) is 6.43. The molecule has 106 valence electrons. The highest BCUT2D eigenvalue weighted by Crippen LogP contribution is 2.36. The number of benzene rings is 1. The van der Waals surface area contributed by atoms with Gasteiger partial charge in [0.1, 0.15) is 0 Å². The normalized spacial score (nSPS) is 16.4. The summed E-state index contributed by atoms with van der Waals surface area (Å²) in [5, 5.41) is 0. The van der Waals surface area contributed by atoms with Crippen LogP contribution in [-0.4, -0.2) is 13.1 Å². The average Bonchev–Trinajstić information content (AvgIpc) is 2.25. The summed E-state index contributed by atoms with van der Waals surface area (Å²) in [6.45, 7) is 7.94. The van der Waals surface area contributed by atoms with E-state index in [2.05, 4.69) is 25.7 Å². The Hall–Kier alpha value is -1.19. The van der Waals surface area contributed by atoms with Crippen molar-refractivity contribution in [3.63, 3.8) is 0 Å². The molecular weight excluding hydrogens is 251 g/mol. The Labute approximate surface area is 112 Å². The first-order valence-electron chi connectivity index (χ1n) is 6.62. The minimum atomic E-state index is -4.26. The number of rotatable bonds is 1. The minimum Gasteiger partial charge on any atom is -0.371 e. The topological polar surface area (TPSA) is 3.24 Å². The predicted octanol–water partition coefficient (Wildman–Crippen LogP) is 4.50. The first-order valence-corrected chi connectivity index (χ1v) is 6.62. The van der Waals surface area contributed by atoms with Crippen molar-refractivity contribution < 1.29 is 13.2 Å². The molecule has 0 N–H and O–H groups in total. The average molecular weight is 271 g/mol. The first-order chi connectivity index (χ1) is 8.67. The summed E-state index contributed by atoms with van der Waals surface area (Å²) in [6, 6.07) is 4.13. The molecule has 0 spiro atoms. The molecule has 4 heteroatoms. The standard InChI is InChI=1S/C15H20F3N/c1-14(2,3)10-19-8-4-5-11-6-7-12(9-13(11)19)15(16,17)18/h6-7,9H,4-5,8,10H2,1-3H3. The number of nitrogens with zero attached hydrogens (tertiary/aromatic N) is 1. The highest BCUT2D eigenvalue weighted by atomic mass is 19.4. The van der Waals surface area contributed by atoms with Gasteiger partial charge in [-0.25, -0.2) is 0 Å². The van der Waals surface area contributed by atoms with Gasteiger partial charge in [0.2, 0.25) is 0 Å². The van der Waals surface area contributed by atoms with Crippen molar-refractivity contribution in [3.05, 3.63) is 29.3 Å². The number of hydrogen-bond donors (Lipinski definition) is 0. The molecule has 1 heterocycles. The number of aryl methyl sites for hydroxylation is 1. The van der Waals surface area contributed by atoms with Crippen LogP contribution in [0.3, 0.4) is 0 Å². The van der Waals surface area contributed by atoms with E-state index in [4.69, 9.17) is 0 Å². The quantitative estimate of drug-likeness (QED) is 0.726. The van der Waals surface area contributed by atoms with E-state index in [1.54, 1.807) is 6.07 Å². The summed E-state index contributed by atoms with van der Waals surface area (Å²) in [5.41, 5.74) is 1.31. The van der Waals surface area contributed by atoms with Gasteiger partial charge in [0.05, 0.1) is 5.56 Å². The fourth-order valence-electron chi connectivity index (χ4n) is 2.56. The van der Waals surface area contributed by atoms with E-state index in [1.165, 1.54) is 12.1 Å². The zero-order valence-corrected chi connectivity index (χ0v) is 11.6. The molecule has 0 aromatic heterocycles. The summed E-state index contributed by atoms with van der Waals surface area (Å²) >= 11 is 0. The van der Waals surface area contributed by atoms with Crippen LogP contribution >= 0.6 is 0 Å². The molecule has 0 saturated carbocycles. The number of anilines is 1. The third kappa shape index (κ3) is 3.43. The molecule has 0 fully saturated rings. The van der Waals surface area contributed by atoms with E-state index >= 15 is 0 Å². The number of alkyl halides is 3. The van der Waals surface area contributed by atoms with Crippen LogP contribution < -0.4 is 4.90 Å². The smallest absolute Gasteiger partial charge is 0.371 e. The highest BCUT2D eigenvalue weighted by Gasteiger charge is 2.32. The Balaban J connectivity index is 2.36. The molecule has 0 saturated heterocycles. The Morgan fingerprint density at radius 2 is 1.84 bits per heavy atom. The van der Waals surface area contributed by atoms with Crippen LogP contribution in [0.2, 0.25) is 0 Å². The molecule has 1 aliphatic heterocycles. The summed E-state index contributed by atoms with van der Waals surface area (Å²) < 4.78 is 38.4. The van der Waals surface area contributed by atoms with E-state index in [9.17, 15) is 13.2 Å². The largest absolute Gasteiger partial charge is 0.416 e. The minimum absolute atomic E-state index is 0.0723. The maximum absolute atomic E-state index is 12.8. The number of halogens is 3. The second-order valence-corrected chi connectivity index (χ2v) is 6.43. The molecule has 0 aliphatic carbocycles. The van der Waals surface area contributed by atoms with E-state index in [-0.39, 0.29) is 5.41 Å². The Morgan fingerprint density at radius 1 is 1.16 bits per heavy atom. The monoisotopic (exact) mass is 271 g/mol. The second kappa shape index (κ2) is 4.73. The molecule has 1 aromatic carbocycles. The predicted molar refractivity (Wildman–Crippen MR) is 71.4 cm³/mol. The van der Waals surface area contributed by atoms with Crippen LogP contribution in [0.25, 0.3) is 0 Å². The van der Waals surface area contributed by atoms with Crippen LogP contribution in [0, 0.1) is 5.41 Å². The zero-order valence-electron chi connectivity index (χ0n) is 11.6. The molecule has 0 bridgehead atoms. The fourth-order valence-corrected chi connectivity index (χ4v) is 2.56. The van der Waals surface area contributed by atoms with E-state index in [1.807, 2.05) is 0 Å². The first kappa shape index (κ1) is 14.2. The Kier molecular flexibility index (Phi) is 3.54. The highest BCUT2D eigenvalue weighted by molar-refractivity contribution is 5.57.